The SMILES string of the molecule is O=C(c1ccc(F)c([N+](=O)[O-])c1)N1CC[NH+](Cc2cccc3ccccc23)CC1. The van der Waals surface area contributed by atoms with Crippen LogP contribution in [0.3, 0.4) is 0 Å². The average molecular weight is 394 g/mol. The first kappa shape index (κ1) is 19.0. The van der Waals surface area contributed by atoms with Gasteiger partial charge in [-0.1, -0.05) is 42.5 Å². The molecule has 1 saturated heterocycles. The number of hydrogen-bond acceptors (Lipinski definition) is 3. The van der Waals surface area contributed by atoms with Crippen LogP contribution in [-0.4, -0.2) is 41.9 Å². The van der Waals surface area contributed by atoms with Crippen LogP contribution in [-0.2, 0) is 6.54 Å². The Kier molecular flexibility index (Phi) is 5.22. The maximum Gasteiger partial charge on any atom is 0.305 e. The highest BCUT2D eigenvalue weighted by Crippen LogP contribution is 2.20. The normalized spacial score (nSPS) is 14.9. The lowest BCUT2D eigenvalue weighted by Crippen LogP contribution is -3.13. The molecular formula is C22H21FN3O3+. The van der Waals surface area contributed by atoms with Gasteiger partial charge in [-0.3, -0.25) is 14.9 Å². The Morgan fingerprint density at radius 2 is 1.79 bits per heavy atom. The first-order chi connectivity index (χ1) is 14.0. The monoisotopic (exact) mass is 394 g/mol. The van der Waals surface area contributed by atoms with E-state index in [1.807, 2.05) is 12.1 Å². The summed E-state index contributed by atoms with van der Waals surface area (Å²) in [5.74, 6) is -1.23. The van der Waals surface area contributed by atoms with E-state index in [-0.39, 0.29) is 11.5 Å². The maximum absolute atomic E-state index is 13.5. The van der Waals surface area contributed by atoms with Crippen molar-refractivity contribution in [2.75, 3.05) is 26.2 Å². The molecule has 148 valence electrons. The van der Waals surface area contributed by atoms with E-state index < -0.39 is 16.4 Å². The molecule has 1 amide bonds. The molecule has 3 aromatic carbocycles. The van der Waals surface area contributed by atoms with Crippen LogP contribution in [0.2, 0.25) is 0 Å². The number of quaternary nitrogens is 1. The van der Waals surface area contributed by atoms with Crippen LogP contribution in [0, 0.1) is 15.9 Å². The third-order valence-electron chi connectivity index (χ3n) is 5.47. The molecule has 1 heterocycles. The van der Waals surface area contributed by atoms with Crippen molar-refractivity contribution in [2.45, 2.75) is 6.54 Å². The minimum Gasteiger partial charge on any atom is -0.328 e. The Hall–Kier alpha value is -3.32. The molecule has 0 aliphatic carbocycles. The Morgan fingerprint density at radius 1 is 1.07 bits per heavy atom. The molecule has 0 saturated carbocycles. The fourth-order valence-electron chi connectivity index (χ4n) is 3.89. The van der Waals surface area contributed by atoms with Gasteiger partial charge in [0.1, 0.15) is 6.54 Å². The van der Waals surface area contributed by atoms with Crippen LogP contribution in [0.4, 0.5) is 10.1 Å². The highest BCUT2D eigenvalue weighted by molar-refractivity contribution is 5.95. The predicted molar refractivity (Wildman–Crippen MR) is 107 cm³/mol. The third-order valence-corrected chi connectivity index (χ3v) is 5.47. The number of amides is 1. The topological polar surface area (TPSA) is 67.9 Å². The number of piperazine rings is 1. The molecule has 1 aliphatic heterocycles. The number of hydrogen-bond donors (Lipinski definition) is 1. The van der Waals surface area contributed by atoms with Crippen molar-refractivity contribution < 1.29 is 19.0 Å². The fraction of sp³-hybridized carbons (Fsp3) is 0.227. The number of carbonyl (C=O) groups excluding carboxylic acids is 1. The van der Waals surface area contributed by atoms with Crippen molar-refractivity contribution in [2.24, 2.45) is 0 Å². The minimum absolute atomic E-state index is 0.149. The Morgan fingerprint density at radius 3 is 2.55 bits per heavy atom. The van der Waals surface area contributed by atoms with Crippen molar-refractivity contribution in [1.29, 1.82) is 0 Å². The standard InChI is InChI=1S/C22H20FN3O3/c23-20-9-8-17(14-21(20)26(28)29)22(27)25-12-10-24(11-13-25)15-18-6-3-5-16-4-1-2-7-19(16)18/h1-9,14H,10-13,15H2/p+1. The molecule has 0 unspecified atom stereocenters. The van der Waals surface area contributed by atoms with Crippen LogP contribution in [0.15, 0.2) is 60.7 Å². The lowest BCUT2D eigenvalue weighted by molar-refractivity contribution is -0.917. The van der Waals surface area contributed by atoms with Crippen LogP contribution >= 0.6 is 0 Å². The number of nitrogens with one attached hydrogen (secondary N) is 1. The molecule has 7 heteroatoms. The quantitative estimate of drug-likeness (QED) is 0.546. The van der Waals surface area contributed by atoms with E-state index >= 15 is 0 Å². The van der Waals surface area contributed by atoms with E-state index in [1.54, 1.807) is 4.90 Å². The number of carbonyl (C=O) groups is 1. The second-order valence-corrected chi connectivity index (χ2v) is 7.28. The highest BCUT2D eigenvalue weighted by atomic mass is 19.1. The Balaban J connectivity index is 1.42. The summed E-state index contributed by atoms with van der Waals surface area (Å²) >= 11 is 0. The second-order valence-electron chi connectivity index (χ2n) is 7.28. The van der Waals surface area contributed by atoms with Crippen molar-refractivity contribution >= 4 is 22.4 Å². The summed E-state index contributed by atoms with van der Waals surface area (Å²) in [5, 5.41) is 13.4. The van der Waals surface area contributed by atoms with Gasteiger partial charge < -0.3 is 9.80 Å². The van der Waals surface area contributed by atoms with Gasteiger partial charge in [-0.2, -0.15) is 4.39 Å². The highest BCUT2D eigenvalue weighted by Gasteiger charge is 2.26. The molecular weight excluding hydrogens is 373 g/mol. The second kappa shape index (κ2) is 7.97. The molecule has 0 radical (unpaired) electrons. The molecule has 4 rings (SSSR count). The van der Waals surface area contributed by atoms with Crippen molar-refractivity contribution in [3.05, 3.63) is 87.7 Å². The zero-order valence-corrected chi connectivity index (χ0v) is 15.8. The zero-order valence-electron chi connectivity index (χ0n) is 15.8. The van der Waals surface area contributed by atoms with Crippen molar-refractivity contribution in [3.8, 4) is 0 Å². The number of nitro groups is 1. The summed E-state index contributed by atoms with van der Waals surface area (Å²) < 4.78 is 13.5. The van der Waals surface area contributed by atoms with Gasteiger partial charge in [0, 0.05) is 17.2 Å². The molecule has 0 bridgehead atoms. The number of halogens is 1. The molecule has 3 aromatic rings. The molecule has 1 fully saturated rings. The molecule has 6 nitrogen and oxygen atoms in total. The third kappa shape index (κ3) is 3.95. The number of rotatable bonds is 4. The van der Waals surface area contributed by atoms with E-state index in [4.69, 9.17) is 0 Å². The average Bonchev–Trinajstić information content (AvgIpc) is 2.74. The predicted octanol–water partition coefficient (Wildman–Crippen LogP) is 2.43. The van der Waals surface area contributed by atoms with E-state index in [1.165, 1.54) is 27.3 Å². The summed E-state index contributed by atoms with van der Waals surface area (Å²) in [4.78, 5) is 25.9. The molecule has 0 aromatic heterocycles. The van der Waals surface area contributed by atoms with Gasteiger partial charge in [0.15, 0.2) is 0 Å². The molecule has 1 N–H and O–H groups in total. The van der Waals surface area contributed by atoms with Crippen molar-refractivity contribution in [1.82, 2.24) is 4.90 Å². The van der Waals surface area contributed by atoms with E-state index in [0.29, 0.717) is 13.1 Å². The summed E-state index contributed by atoms with van der Waals surface area (Å²) in [5.41, 5.74) is 0.763. The smallest absolute Gasteiger partial charge is 0.305 e. The number of nitrogens with zero attached hydrogens (tertiary/aromatic N) is 2. The van der Waals surface area contributed by atoms with Crippen molar-refractivity contribution in [3.63, 3.8) is 0 Å². The van der Waals surface area contributed by atoms with E-state index in [2.05, 4.69) is 30.3 Å². The van der Waals surface area contributed by atoms with E-state index in [9.17, 15) is 19.3 Å². The maximum atomic E-state index is 13.5. The van der Waals surface area contributed by atoms with E-state index in [0.717, 1.165) is 31.8 Å². The molecule has 0 spiro atoms. The first-order valence-electron chi connectivity index (χ1n) is 9.56. The van der Waals surface area contributed by atoms with Crippen LogP contribution in [0.5, 0.6) is 0 Å². The summed E-state index contributed by atoms with van der Waals surface area (Å²) in [7, 11) is 0. The van der Waals surface area contributed by atoms with Crippen LogP contribution < -0.4 is 4.90 Å². The summed E-state index contributed by atoms with van der Waals surface area (Å²) in [6.45, 7) is 3.58. The fourth-order valence-corrected chi connectivity index (χ4v) is 3.89. The number of nitro benzene ring substituents is 1. The van der Waals surface area contributed by atoms with Crippen LogP contribution in [0.1, 0.15) is 15.9 Å². The number of fused-ring (bicyclic) bond motifs is 1. The Labute approximate surface area is 167 Å². The molecule has 0 atom stereocenters. The van der Waals surface area contributed by atoms with Gasteiger partial charge in [0.2, 0.25) is 5.82 Å². The van der Waals surface area contributed by atoms with Gasteiger partial charge in [-0.05, 0) is 22.9 Å². The molecule has 29 heavy (non-hydrogen) atoms. The Bertz CT molecular complexity index is 1070. The minimum atomic E-state index is -0.934. The van der Waals surface area contributed by atoms with Gasteiger partial charge >= 0.3 is 5.69 Å². The largest absolute Gasteiger partial charge is 0.328 e. The zero-order chi connectivity index (χ0) is 20.4. The number of benzene rings is 3. The van der Waals surface area contributed by atoms with Gasteiger partial charge in [0.25, 0.3) is 5.91 Å². The summed E-state index contributed by atoms with van der Waals surface area (Å²) in [6.07, 6.45) is 0. The first-order valence-corrected chi connectivity index (χ1v) is 9.56. The van der Waals surface area contributed by atoms with Crippen LogP contribution in [0.25, 0.3) is 10.8 Å². The lowest BCUT2D eigenvalue weighted by atomic mass is 10.0. The summed E-state index contributed by atoms with van der Waals surface area (Å²) in [6, 6.07) is 17.9. The molecule has 1 aliphatic rings. The van der Waals surface area contributed by atoms with Gasteiger partial charge in [-0.15, -0.1) is 0 Å². The lowest BCUT2D eigenvalue weighted by Gasteiger charge is -2.32. The van der Waals surface area contributed by atoms with Gasteiger partial charge in [0.05, 0.1) is 31.1 Å². The van der Waals surface area contributed by atoms with Gasteiger partial charge in [-0.25, -0.2) is 0 Å².